The summed E-state index contributed by atoms with van der Waals surface area (Å²) in [5.74, 6) is 0.212. The van der Waals surface area contributed by atoms with Crippen molar-refractivity contribution < 1.29 is 19.0 Å². The van der Waals surface area contributed by atoms with Gasteiger partial charge in [0.2, 0.25) is 0 Å². The van der Waals surface area contributed by atoms with Crippen LogP contribution in [-0.4, -0.2) is 56.9 Å². The van der Waals surface area contributed by atoms with E-state index in [0.29, 0.717) is 36.2 Å². The highest BCUT2D eigenvalue weighted by atomic mass is 35.5. The standard InChI is InChI=1S/C15H22ClN3O4.ClH/c1-21-13-5-10(4-12(16)15(13)23-9-14(18)20)7-19-2-3-22-11(6-17)8-19;/h4-5,11H,2-3,6-9,17H2,1H3,(H2,18,20);1H. The van der Waals surface area contributed by atoms with Gasteiger partial charge in [-0.25, -0.2) is 0 Å². The van der Waals surface area contributed by atoms with Gasteiger partial charge in [0.1, 0.15) is 0 Å². The molecule has 0 saturated carbocycles. The zero-order valence-corrected chi connectivity index (χ0v) is 15.1. The van der Waals surface area contributed by atoms with E-state index in [1.165, 1.54) is 7.11 Å². The molecule has 1 unspecified atom stereocenters. The van der Waals surface area contributed by atoms with Gasteiger partial charge in [0.15, 0.2) is 18.1 Å². The minimum absolute atomic E-state index is 0. The first kappa shape index (κ1) is 20.8. The molecule has 0 spiro atoms. The van der Waals surface area contributed by atoms with Crippen LogP contribution in [0, 0.1) is 0 Å². The molecule has 4 N–H and O–H groups in total. The lowest BCUT2D eigenvalue weighted by atomic mass is 10.1. The lowest BCUT2D eigenvalue weighted by molar-refractivity contribution is -0.119. The summed E-state index contributed by atoms with van der Waals surface area (Å²) in [5, 5.41) is 0.379. The maximum atomic E-state index is 10.9. The van der Waals surface area contributed by atoms with Crippen molar-refractivity contribution in [1.29, 1.82) is 0 Å². The van der Waals surface area contributed by atoms with Crippen LogP contribution in [0.25, 0.3) is 0 Å². The predicted octanol–water partition coefficient (Wildman–Crippen LogP) is 0.794. The number of hydrogen-bond acceptors (Lipinski definition) is 6. The van der Waals surface area contributed by atoms with Crippen LogP contribution in [0.15, 0.2) is 12.1 Å². The van der Waals surface area contributed by atoms with E-state index in [0.717, 1.165) is 18.7 Å². The average molecular weight is 380 g/mol. The first-order chi connectivity index (χ1) is 11.0. The van der Waals surface area contributed by atoms with Gasteiger partial charge in [0.25, 0.3) is 5.91 Å². The third-order valence-corrected chi connectivity index (χ3v) is 3.82. The molecule has 136 valence electrons. The van der Waals surface area contributed by atoms with E-state index in [2.05, 4.69) is 4.90 Å². The zero-order valence-electron chi connectivity index (χ0n) is 13.5. The van der Waals surface area contributed by atoms with Crippen LogP contribution in [0.5, 0.6) is 11.5 Å². The number of morpholine rings is 1. The van der Waals surface area contributed by atoms with Crippen LogP contribution in [-0.2, 0) is 16.1 Å². The average Bonchev–Trinajstić information content (AvgIpc) is 2.53. The molecule has 1 aromatic rings. The topological polar surface area (TPSA) is 100 Å². The van der Waals surface area contributed by atoms with E-state index in [4.69, 9.17) is 37.3 Å². The molecule has 0 aliphatic carbocycles. The second kappa shape index (κ2) is 9.90. The van der Waals surface area contributed by atoms with Gasteiger partial charge in [-0.2, -0.15) is 0 Å². The molecule has 1 heterocycles. The van der Waals surface area contributed by atoms with E-state index in [9.17, 15) is 4.79 Å². The van der Waals surface area contributed by atoms with E-state index >= 15 is 0 Å². The summed E-state index contributed by atoms with van der Waals surface area (Å²) in [6.07, 6.45) is 0.0549. The molecule has 1 fully saturated rings. The van der Waals surface area contributed by atoms with E-state index in [1.54, 1.807) is 6.07 Å². The van der Waals surface area contributed by atoms with Crippen molar-refractivity contribution in [3.8, 4) is 11.5 Å². The highest BCUT2D eigenvalue weighted by Gasteiger charge is 2.20. The Morgan fingerprint density at radius 2 is 2.25 bits per heavy atom. The summed E-state index contributed by atoms with van der Waals surface area (Å²) in [6.45, 7) is 3.21. The van der Waals surface area contributed by atoms with Crippen LogP contribution in [0.4, 0.5) is 0 Å². The van der Waals surface area contributed by atoms with Crippen molar-refractivity contribution in [2.24, 2.45) is 11.5 Å². The molecule has 2 rings (SSSR count). The lowest BCUT2D eigenvalue weighted by Crippen LogP contribution is -2.45. The smallest absolute Gasteiger partial charge is 0.255 e. The summed E-state index contributed by atoms with van der Waals surface area (Å²) in [5.41, 5.74) is 11.7. The third-order valence-electron chi connectivity index (χ3n) is 3.54. The Morgan fingerprint density at radius 3 is 2.88 bits per heavy atom. The number of carbonyl (C=O) groups excluding carboxylic acids is 1. The van der Waals surface area contributed by atoms with Crippen LogP contribution in [0.3, 0.4) is 0 Å². The number of nitrogens with zero attached hydrogens (tertiary/aromatic N) is 1. The molecule has 1 aliphatic heterocycles. The molecule has 0 bridgehead atoms. The SMILES string of the molecule is COc1cc(CN2CCOC(CN)C2)cc(Cl)c1OCC(N)=O.Cl. The fourth-order valence-electron chi connectivity index (χ4n) is 2.47. The number of rotatable bonds is 7. The van der Waals surface area contributed by atoms with Gasteiger partial charge in [0, 0.05) is 26.2 Å². The highest BCUT2D eigenvalue weighted by Crippen LogP contribution is 2.36. The van der Waals surface area contributed by atoms with Crippen molar-refractivity contribution in [3.05, 3.63) is 22.7 Å². The maximum absolute atomic E-state index is 10.9. The number of hydrogen-bond donors (Lipinski definition) is 2. The molecule has 1 atom stereocenters. The summed E-state index contributed by atoms with van der Waals surface area (Å²) in [4.78, 5) is 13.1. The molecule has 7 nitrogen and oxygen atoms in total. The van der Waals surface area contributed by atoms with Crippen molar-refractivity contribution in [3.63, 3.8) is 0 Å². The quantitative estimate of drug-likeness (QED) is 0.726. The fourth-order valence-corrected chi connectivity index (χ4v) is 2.76. The Bertz CT molecular complexity index is 560. The van der Waals surface area contributed by atoms with Crippen LogP contribution >= 0.6 is 24.0 Å². The molecule has 1 aliphatic rings. The molecular weight excluding hydrogens is 357 g/mol. The van der Waals surface area contributed by atoms with E-state index in [-0.39, 0.29) is 25.1 Å². The van der Waals surface area contributed by atoms with Gasteiger partial charge in [-0.05, 0) is 17.7 Å². The summed E-state index contributed by atoms with van der Waals surface area (Å²) in [6, 6.07) is 3.64. The number of carbonyl (C=O) groups is 1. The van der Waals surface area contributed by atoms with Gasteiger partial charge in [0.05, 0.1) is 24.8 Å². The molecular formula is C15H23Cl2N3O4. The second-order valence-corrected chi connectivity index (χ2v) is 5.73. The molecule has 1 saturated heterocycles. The Morgan fingerprint density at radius 1 is 1.50 bits per heavy atom. The van der Waals surface area contributed by atoms with E-state index < -0.39 is 5.91 Å². The lowest BCUT2D eigenvalue weighted by Gasteiger charge is -2.32. The van der Waals surface area contributed by atoms with Gasteiger partial charge in [-0.1, -0.05) is 11.6 Å². The summed E-state index contributed by atoms with van der Waals surface area (Å²) in [7, 11) is 1.52. The minimum Gasteiger partial charge on any atom is -0.493 e. The van der Waals surface area contributed by atoms with Crippen LogP contribution in [0.1, 0.15) is 5.56 Å². The highest BCUT2D eigenvalue weighted by molar-refractivity contribution is 6.32. The normalized spacial score (nSPS) is 17.9. The first-order valence-corrected chi connectivity index (χ1v) is 7.72. The Kier molecular flexibility index (Phi) is 8.58. The minimum atomic E-state index is -0.576. The third kappa shape index (κ3) is 5.68. The van der Waals surface area contributed by atoms with Gasteiger partial charge in [-0.3, -0.25) is 9.69 Å². The number of halogens is 2. The van der Waals surface area contributed by atoms with Crippen molar-refractivity contribution >= 4 is 29.9 Å². The summed E-state index contributed by atoms with van der Waals surface area (Å²) >= 11 is 6.25. The number of methoxy groups -OCH3 is 1. The molecule has 1 aromatic carbocycles. The molecule has 24 heavy (non-hydrogen) atoms. The zero-order chi connectivity index (χ0) is 16.8. The van der Waals surface area contributed by atoms with Crippen LogP contribution in [0.2, 0.25) is 5.02 Å². The van der Waals surface area contributed by atoms with Gasteiger partial charge in [-0.15, -0.1) is 12.4 Å². The van der Waals surface area contributed by atoms with Crippen LogP contribution < -0.4 is 20.9 Å². The Hall–Kier alpha value is -1.25. The van der Waals surface area contributed by atoms with E-state index in [1.807, 2.05) is 6.07 Å². The Balaban J connectivity index is 0.00000288. The molecule has 9 heteroatoms. The number of amides is 1. The predicted molar refractivity (Wildman–Crippen MR) is 94.0 cm³/mol. The largest absolute Gasteiger partial charge is 0.493 e. The second-order valence-electron chi connectivity index (χ2n) is 5.33. The number of nitrogens with two attached hydrogens (primary N) is 2. The Labute approximate surface area is 152 Å². The maximum Gasteiger partial charge on any atom is 0.255 e. The molecule has 0 radical (unpaired) electrons. The molecule has 1 amide bonds. The number of primary amides is 1. The van der Waals surface area contributed by atoms with Crippen molar-refractivity contribution in [2.75, 3.05) is 40.0 Å². The monoisotopic (exact) mass is 379 g/mol. The molecule has 0 aromatic heterocycles. The first-order valence-electron chi connectivity index (χ1n) is 7.35. The number of ether oxygens (including phenoxy) is 3. The number of benzene rings is 1. The van der Waals surface area contributed by atoms with Crippen molar-refractivity contribution in [1.82, 2.24) is 4.90 Å². The van der Waals surface area contributed by atoms with Crippen molar-refractivity contribution in [2.45, 2.75) is 12.6 Å². The fraction of sp³-hybridized carbons (Fsp3) is 0.533. The summed E-state index contributed by atoms with van der Waals surface area (Å²) < 4.78 is 16.2. The van der Waals surface area contributed by atoms with Gasteiger partial charge >= 0.3 is 0 Å². The van der Waals surface area contributed by atoms with Gasteiger partial charge < -0.3 is 25.7 Å².